The second-order valence-corrected chi connectivity index (χ2v) is 6.36. The standard InChI is InChI=1S/C17H27N5O3/c1-12(11-25-2)21-17(24)20-9-13-5-3-7-19-16(13)22-8-4-6-14(10-22)15(18)23/h3,5,7,12,14H,4,6,8-11H2,1-2H3,(H2,18,23)(H2,20,21,24)/t12-,14-/m0/s1. The third-order valence-corrected chi connectivity index (χ3v) is 4.22. The van der Waals surface area contributed by atoms with Gasteiger partial charge in [-0.3, -0.25) is 4.79 Å². The number of nitrogens with zero attached hydrogens (tertiary/aromatic N) is 2. The SMILES string of the molecule is COC[C@H](C)NC(=O)NCc1cccnc1N1CCC[C@H](C(N)=O)C1. The van der Waals surface area contributed by atoms with Crippen LogP contribution in [0.15, 0.2) is 18.3 Å². The van der Waals surface area contributed by atoms with Crippen molar-refractivity contribution in [1.29, 1.82) is 0 Å². The van der Waals surface area contributed by atoms with Crippen molar-refractivity contribution in [2.75, 3.05) is 31.7 Å². The summed E-state index contributed by atoms with van der Waals surface area (Å²) in [6, 6.07) is 3.43. The number of piperidine rings is 1. The normalized spacial score (nSPS) is 18.5. The van der Waals surface area contributed by atoms with Crippen LogP contribution in [0.1, 0.15) is 25.3 Å². The van der Waals surface area contributed by atoms with Gasteiger partial charge in [0.25, 0.3) is 0 Å². The molecule has 2 rings (SSSR count). The summed E-state index contributed by atoms with van der Waals surface area (Å²) in [4.78, 5) is 30.0. The summed E-state index contributed by atoms with van der Waals surface area (Å²) in [5.74, 6) is 0.361. The monoisotopic (exact) mass is 349 g/mol. The van der Waals surface area contributed by atoms with Crippen LogP contribution in [0.5, 0.6) is 0 Å². The lowest BCUT2D eigenvalue weighted by Gasteiger charge is -2.33. The van der Waals surface area contributed by atoms with Gasteiger partial charge in [0.15, 0.2) is 0 Å². The first-order chi connectivity index (χ1) is 12.0. The van der Waals surface area contributed by atoms with E-state index in [1.54, 1.807) is 13.3 Å². The van der Waals surface area contributed by atoms with Gasteiger partial charge in [-0.2, -0.15) is 0 Å². The van der Waals surface area contributed by atoms with Crippen LogP contribution >= 0.6 is 0 Å². The molecule has 3 amide bonds. The highest BCUT2D eigenvalue weighted by molar-refractivity contribution is 5.77. The molecule has 0 aliphatic carbocycles. The summed E-state index contributed by atoms with van der Waals surface area (Å²) in [5.41, 5.74) is 6.36. The minimum Gasteiger partial charge on any atom is -0.383 e. The number of anilines is 1. The average molecular weight is 349 g/mol. The van der Waals surface area contributed by atoms with Crippen LogP contribution in [0.4, 0.5) is 10.6 Å². The first-order valence-corrected chi connectivity index (χ1v) is 8.52. The fourth-order valence-electron chi connectivity index (χ4n) is 3.00. The Hall–Kier alpha value is -2.35. The lowest BCUT2D eigenvalue weighted by atomic mass is 9.97. The number of carbonyl (C=O) groups excluding carboxylic acids is 2. The Morgan fingerprint density at radius 1 is 1.52 bits per heavy atom. The van der Waals surface area contributed by atoms with E-state index in [0.717, 1.165) is 30.8 Å². The quantitative estimate of drug-likeness (QED) is 0.668. The first-order valence-electron chi connectivity index (χ1n) is 8.52. The molecule has 4 N–H and O–H groups in total. The zero-order chi connectivity index (χ0) is 18.2. The number of urea groups is 1. The molecule has 1 fully saturated rings. The van der Waals surface area contributed by atoms with Crippen molar-refractivity contribution in [3.8, 4) is 0 Å². The molecule has 1 saturated heterocycles. The molecule has 0 bridgehead atoms. The maximum Gasteiger partial charge on any atom is 0.315 e. The Bertz CT molecular complexity index is 595. The van der Waals surface area contributed by atoms with Gasteiger partial charge in [0, 0.05) is 38.5 Å². The van der Waals surface area contributed by atoms with Gasteiger partial charge in [-0.05, 0) is 25.8 Å². The highest BCUT2D eigenvalue weighted by Crippen LogP contribution is 2.24. The van der Waals surface area contributed by atoms with Crippen molar-refractivity contribution in [2.45, 2.75) is 32.4 Å². The third kappa shape index (κ3) is 5.60. The molecule has 2 heterocycles. The number of primary amides is 1. The van der Waals surface area contributed by atoms with Crippen molar-refractivity contribution < 1.29 is 14.3 Å². The molecule has 0 spiro atoms. The molecule has 8 nitrogen and oxygen atoms in total. The molecular formula is C17H27N5O3. The van der Waals surface area contributed by atoms with Gasteiger partial charge < -0.3 is 26.0 Å². The second kappa shape index (κ2) is 9.22. The predicted octanol–water partition coefficient (Wildman–Crippen LogP) is 0.617. The number of amides is 3. The van der Waals surface area contributed by atoms with Crippen LogP contribution < -0.4 is 21.3 Å². The fraction of sp³-hybridized carbons (Fsp3) is 0.588. The van der Waals surface area contributed by atoms with E-state index in [9.17, 15) is 9.59 Å². The molecule has 1 aliphatic rings. The largest absolute Gasteiger partial charge is 0.383 e. The lowest BCUT2D eigenvalue weighted by molar-refractivity contribution is -0.122. The topological polar surface area (TPSA) is 110 Å². The van der Waals surface area contributed by atoms with E-state index >= 15 is 0 Å². The number of ether oxygens (including phenoxy) is 1. The Labute approximate surface area is 148 Å². The smallest absolute Gasteiger partial charge is 0.315 e. The van der Waals surface area contributed by atoms with Crippen molar-refractivity contribution in [1.82, 2.24) is 15.6 Å². The fourth-order valence-corrected chi connectivity index (χ4v) is 3.00. The highest BCUT2D eigenvalue weighted by atomic mass is 16.5. The van der Waals surface area contributed by atoms with E-state index in [1.807, 2.05) is 19.1 Å². The molecule has 25 heavy (non-hydrogen) atoms. The number of aromatic nitrogens is 1. The summed E-state index contributed by atoms with van der Waals surface area (Å²) in [7, 11) is 1.59. The molecule has 2 atom stereocenters. The van der Waals surface area contributed by atoms with Gasteiger partial charge in [0.2, 0.25) is 5.91 Å². The zero-order valence-corrected chi connectivity index (χ0v) is 14.8. The maximum absolute atomic E-state index is 12.0. The number of nitrogens with two attached hydrogens (primary N) is 1. The molecule has 0 unspecified atom stereocenters. The number of hydrogen-bond acceptors (Lipinski definition) is 5. The van der Waals surface area contributed by atoms with Gasteiger partial charge in [0.1, 0.15) is 5.82 Å². The summed E-state index contributed by atoms with van der Waals surface area (Å²) in [6.07, 6.45) is 3.42. The van der Waals surface area contributed by atoms with Crippen LogP contribution in [-0.2, 0) is 16.1 Å². The maximum atomic E-state index is 12.0. The van der Waals surface area contributed by atoms with E-state index in [4.69, 9.17) is 10.5 Å². The molecular weight excluding hydrogens is 322 g/mol. The van der Waals surface area contributed by atoms with Gasteiger partial charge in [-0.15, -0.1) is 0 Å². The van der Waals surface area contributed by atoms with Crippen molar-refractivity contribution >= 4 is 17.8 Å². The van der Waals surface area contributed by atoms with E-state index in [0.29, 0.717) is 19.7 Å². The summed E-state index contributed by atoms with van der Waals surface area (Å²) in [6.45, 7) is 4.07. The van der Waals surface area contributed by atoms with Gasteiger partial charge >= 0.3 is 6.03 Å². The first kappa shape index (κ1) is 19.0. The molecule has 0 saturated carbocycles. The van der Waals surface area contributed by atoms with Crippen molar-refractivity contribution in [3.63, 3.8) is 0 Å². The van der Waals surface area contributed by atoms with E-state index in [2.05, 4.69) is 20.5 Å². The molecule has 1 aromatic heterocycles. The molecule has 1 aromatic rings. The minimum absolute atomic E-state index is 0.0724. The van der Waals surface area contributed by atoms with Crippen molar-refractivity contribution in [2.24, 2.45) is 11.7 Å². The molecule has 0 radical (unpaired) electrons. The number of pyridine rings is 1. The van der Waals surface area contributed by atoms with Gasteiger partial charge in [-0.25, -0.2) is 9.78 Å². The summed E-state index contributed by atoms with van der Waals surface area (Å²) >= 11 is 0. The van der Waals surface area contributed by atoms with Crippen molar-refractivity contribution in [3.05, 3.63) is 23.9 Å². The number of carbonyl (C=O) groups is 2. The van der Waals surface area contributed by atoms with Gasteiger partial charge in [-0.1, -0.05) is 6.07 Å². The third-order valence-electron chi connectivity index (χ3n) is 4.22. The van der Waals surface area contributed by atoms with E-state index in [1.165, 1.54) is 0 Å². The van der Waals surface area contributed by atoms with Crippen LogP contribution in [0.25, 0.3) is 0 Å². The molecule has 1 aliphatic heterocycles. The van der Waals surface area contributed by atoms with Crippen LogP contribution in [-0.4, -0.2) is 49.8 Å². The predicted molar refractivity (Wildman–Crippen MR) is 95.1 cm³/mol. The number of rotatable bonds is 7. The molecule has 8 heteroatoms. The highest BCUT2D eigenvalue weighted by Gasteiger charge is 2.26. The Morgan fingerprint density at radius 3 is 3.04 bits per heavy atom. The van der Waals surface area contributed by atoms with Crippen LogP contribution in [0, 0.1) is 5.92 Å². The minimum atomic E-state index is -0.271. The van der Waals surface area contributed by atoms with E-state index in [-0.39, 0.29) is 23.9 Å². The Balaban J connectivity index is 1.98. The Kier molecular flexibility index (Phi) is 7.00. The number of nitrogens with one attached hydrogen (secondary N) is 2. The van der Waals surface area contributed by atoms with Crippen LogP contribution in [0.2, 0.25) is 0 Å². The van der Waals surface area contributed by atoms with Gasteiger partial charge in [0.05, 0.1) is 18.6 Å². The van der Waals surface area contributed by atoms with Crippen LogP contribution in [0.3, 0.4) is 0 Å². The number of hydrogen-bond donors (Lipinski definition) is 3. The average Bonchev–Trinajstić information content (AvgIpc) is 2.60. The summed E-state index contributed by atoms with van der Waals surface area (Å²) < 4.78 is 5.00. The second-order valence-electron chi connectivity index (χ2n) is 6.36. The lowest BCUT2D eigenvalue weighted by Crippen LogP contribution is -2.43. The molecule has 138 valence electrons. The number of methoxy groups -OCH3 is 1. The summed E-state index contributed by atoms with van der Waals surface area (Å²) in [5, 5.41) is 5.64. The van der Waals surface area contributed by atoms with E-state index < -0.39 is 0 Å². The molecule has 0 aromatic carbocycles. The zero-order valence-electron chi connectivity index (χ0n) is 14.8. The Morgan fingerprint density at radius 2 is 2.32 bits per heavy atom.